The Labute approximate surface area is 518 Å². The van der Waals surface area contributed by atoms with Crippen molar-refractivity contribution in [3.8, 4) is 0 Å². The van der Waals surface area contributed by atoms with Crippen LogP contribution in [-0.4, -0.2) is 47.4 Å². The fourth-order valence-corrected chi connectivity index (χ4v) is 11.6. The van der Waals surface area contributed by atoms with E-state index >= 15 is 0 Å². The van der Waals surface area contributed by atoms with Gasteiger partial charge in [-0.3, -0.25) is 9.59 Å². The van der Waals surface area contributed by atoms with Gasteiger partial charge in [0.2, 0.25) is 5.91 Å². The number of aliphatic hydroxyl groups is 2. The lowest BCUT2D eigenvalue weighted by Crippen LogP contribution is -2.45. The molecule has 0 rings (SSSR count). The summed E-state index contributed by atoms with van der Waals surface area (Å²) in [7, 11) is 0. The van der Waals surface area contributed by atoms with E-state index in [-0.39, 0.29) is 18.5 Å². The third-order valence-corrected chi connectivity index (χ3v) is 17.3. The molecule has 2 unspecified atom stereocenters. The maximum Gasteiger partial charge on any atom is 0.305 e. The van der Waals surface area contributed by atoms with Gasteiger partial charge in [0, 0.05) is 12.8 Å². The van der Waals surface area contributed by atoms with Gasteiger partial charge in [-0.1, -0.05) is 351 Å². The highest BCUT2D eigenvalue weighted by atomic mass is 16.5. The van der Waals surface area contributed by atoms with Gasteiger partial charge in [-0.15, -0.1) is 0 Å². The summed E-state index contributed by atoms with van der Waals surface area (Å²) in [6.07, 6.45) is 94.9. The molecule has 0 aliphatic heterocycles. The molecule has 1 amide bonds. The molecule has 0 aromatic rings. The zero-order valence-corrected chi connectivity index (χ0v) is 55.9. The van der Waals surface area contributed by atoms with E-state index in [2.05, 4.69) is 55.6 Å². The maximum absolute atomic E-state index is 12.5. The Hall–Kier alpha value is -2.18. The second-order valence-corrected chi connectivity index (χ2v) is 25.6. The lowest BCUT2D eigenvalue weighted by atomic mass is 10.0. The van der Waals surface area contributed by atoms with E-state index in [0.717, 1.165) is 51.4 Å². The molecular weight excluding hydrogens is 1020 g/mol. The Bertz CT molecular complexity index is 1390. The number of hydrogen-bond acceptors (Lipinski definition) is 5. The molecule has 0 aromatic carbocycles. The zero-order valence-electron chi connectivity index (χ0n) is 55.9. The normalized spacial score (nSPS) is 12.8. The first-order chi connectivity index (χ1) is 41.0. The smallest absolute Gasteiger partial charge is 0.305 e. The Morgan fingerprint density at radius 1 is 0.337 bits per heavy atom. The highest BCUT2D eigenvalue weighted by Crippen LogP contribution is 2.19. The van der Waals surface area contributed by atoms with Crippen LogP contribution in [0.5, 0.6) is 0 Å². The number of carbonyl (C=O) groups excluding carboxylic acids is 2. The topological polar surface area (TPSA) is 95.9 Å². The maximum atomic E-state index is 12.5. The molecule has 6 nitrogen and oxygen atoms in total. The number of amides is 1. The van der Waals surface area contributed by atoms with Crippen LogP contribution in [-0.2, 0) is 14.3 Å². The second-order valence-electron chi connectivity index (χ2n) is 25.6. The van der Waals surface area contributed by atoms with Crippen LogP contribution >= 0.6 is 0 Å². The highest BCUT2D eigenvalue weighted by Gasteiger charge is 2.18. The molecule has 0 saturated carbocycles. The number of unbranched alkanes of at least 4 members (excludes halogenated alkanes) is 53. The summed E-state index contributed by atoms with van der Waals surface area (Å²) >= 11 is 0. The van der Waals surface area contributed by atoms with E-state index in [9.17, 15) is 19.8 Å². The van der Waals surface area contributed by atoms with E-state index in [0.29, 0.717) is 19.4 Å². The van der Waals surface area contributed by atoms with Gasteiger partial charge < -0.3 is 20.3 Å². The number of hydrogen-bond donors (Lipinski definition) is 3. The van der Waals surface area contributed by atoms with Crippen LogP contribution in [0.3, 0.4) is 0 Å². The molecule has 3 N–H and O–H groups in total. The average molecular weight is 1170 g/mol. The summed E-state index contributed by atoms with van der Waals surface area (Å²) in [6, 6.07) is -0.628. The number of carbonyl (C=O) groups is 2. The van der Waals surface area contributed by atoms with Gasteiger partial charge in [-0.05, 0) is 89.9 Å². The van der Waals surface area contributed by atoms with Crippen molar-refractivity contribution in [3.05, 3.63) is 48.6 Å². The van der Waals surface area contributed by atoms with E-state index in [1.807, 2.05) is 6.08 Å². The van der Waals surface area contributed by atoms with Gasteiger partial charge >= 0.3 is 5.97 Å². The minimum Gasteiger partial charge on any atom is -0.466 e. The standard InChI is InChI=1S/C77H145NO5/c1-3-5-7-9-11-13-15-17-19-21-34-38-41-45-49-53-57-61-65-69-75(80)74(73-79)78-76(81)70-66-62-58-54-50-46-42-39-35-32-30-28-26-24-22-23-25-27-29-31-33-36-40-44-48-52-56-60-64-68-72-83-77(82)71-67-63-59-55-51-47-43-37-20-18-16-14-12-10-8-6-4-2/h12,14,18,20,23,25,65,69,74-75,79-80H,3-11,13,15-17,19,21-22,24,26-64,66-68,70-73H2,1-2H3,(H,78,81)/b14-12-,20-18-,25-23-,69-65+. The van der Waals surface area contributed by atoms with Gasteiger partial charge in [-0.2, -0.15) is 0 Å². The lowest BCUT2D eigenvalue weighted by Gasteiger charge is -2.20. The molecule has 488 valence electrons. The van der Waals surface area contributed by atoms with Crippen molar-refractivity contribution in [2.75, 3.05) is 13.2 Å². The highest BCUT2D eigenvalue weighted by molar-refractivity contribution is 5.76. The number of esters is 1. The van der Waals surface area contributed by atoms with E-state index in [1.54, 1.807) is 6.08 Å². The summed E-state index contributed by atoms with van der Waals surface area (Å²) in [5.41, 5.74) is 0. The molecule has 0 fully saturated rings. The fraction of sp³-hybridized carbons (Fsp3) is 0.870. The fourth-order valence-electron chi connectivity index (χ4n) is 11.6. The van der Waals surface area contributed by atoms with Crippen LogP contribution in [0.2, 0.25) is 0 Å². The third-order valence-electron chi connectivity index (χ3n) is 17.3. The summed E-state index contributed by atoms with van der Waals surface area (Å²) in [5.74, 6) is -0.0539. The van der Waals surface area contributed by atoms with Crippen LogP contribution < -0.4 is 5.32 Å². The Morgan fingerprint density at radius 2 is 0.602 bits per heavy atom. The van der Waals surface area contributed by atoms with Gasteiger partial charge in [-0.25, -0.2) is 0 Å². The number of aliphatic hydroxyl groups excluding tert-OH is 2. The minimum absolute atomic E-state index is 0.00933. The van der Waals surface area contributed by atoms with Gasteiger partial charge in [0.1, 0.15) is 0 Å². The van der Waals surface area contributed by atoms with Crippen molar-refractivity contribution in [2.45, 2.75) is 418 Å². The summed E-state index contributed by atoms with van der Waals surface area (Å²) in [6.45, 7) is 4.91. The summed E-state index contributed by atoms with van der Waals surface area (Å²) in [5, 5.41) is 23.2. The number of rotatable bonds is 70. The molecule has 0 aliphatic rings. The molecule has 0 aromatic heterocycles. The first-order valence-electron chi connectivity index (χ1n) is 37.4. The number of allylic oxidation sites excluding steroid dienone is 7. The monoisotopic (exact) mass is 1160 g/mol. The average Bonchev–Trinajstić information content (AvgIpc) is 3.49. The van der Waals surface area contributed by atoms with E-state index in [1.165, 1.54) is 327 Å². The lowest BCUT2D eigenvalue weighted by molar-refractivity contribution is -0.143. The van der Waals surface area contributed by atoms with Crippen LogP contribution in [0.15, 0.2) is 48.6 Å². The second kappa shape index (κ2) is 72.3. The van der Waals surface area contributed by atoms with Gasteiger partial charge in [0.15, 0.2) is 0 Å². The first-order valence-corrected chi connectivity index (χ1v) is 37.4. The van der Waals surface area contributed by atoms with Crippen molar-refractivity contribution in [1.82, 2.24) is 5.32 Å². The van der Waals surface area contributed by atoms with Gasteiger partial charge in [0.25, 0.3) is 0 Å². The van der Waals surface area contributed by atoms with E-state index < -0.39 is 12.1 Å². The quantitative estimate of drug-likeness (QED) is 0.0320. The van der Waals surface area contributed by atoms with Crippen molar-refractivity contribution in [2.24, 2.45) is 0 Å². The van der Waals surface area contributed by atoms with Crippen molar-refractivity contribution in [1.29, 1.82) is 0 Å². The Kier molecular flexibility index (Phi) is 70.4. The van der Waals surface area contributed by atoms with Crippen LogP contribution in [0.25, 0.3) is 0 Å². The molecule has 0 spiro atoms. The Balaban J connectivity index is 3.39. The van der Waals surface area contributed by atoms with Crippen LogP contribution in [0, 0.1) is 0 Å². The largest absolute Gasteiger partial charge is 0.466 e. The molecule has 0 heterocycles. The minimum atomic E-state index is -0.845. The molecule has 0 radical (unpaired) electrons. The molecule has 0 saturated heterocycles. The molecular formula is C77H145NO5. The Morgan fingerprint density at radius 3 is 0.952 bits per heavy atom. The summed E-state index contributed by atoms with van der Waals surface area (Å²) < 4.78 is 5.50. The number of ether oxygens (including phenoxy) is 1. The predicted octanol–water partition coefficient (Wildman–Crippen LogP) is 24.4. The molecule has 2 atom stereocenters. The van der Waals surface area contributed by atoms with Crippen LogP contribution in [0.1, 0.15) is 406 Å². The summed E-state index contributed by atoms with van der Waals surface area (Å²) in [4.78, 5) is 24.6. The van der Waals surface area contributed by atoms with Crippen molar-refractivity contribution in [3.63, 3.8) is 0 Å². The SMILES string of the molecule is CCCCC/C=C\C/C=C\CCCCCCCCCC(=O)OCCCCCCCCCCCCCC/C=C\CCCCCCCCCCCCCCCCC(=O)NC(CO)C(O)/C=C/CCCCCCCCCCCCCCCCCCC. The van der Waals surface area contributed by atoms with Gasteiger partial charge in [0.05, 0.1) is 25.4 Å². The van der Waals surface area contributed by atoms with E-state index in [4.69, 9.17) is 4.74 Å². The van der Waals surface area contributed by atoms with Crippen molar-refractivity contribution >= 4 is 11.9 Å². The molecule has 83 heavy (non-hydrogen) atoms. The number of nitrogens with one attached hydrogen (secondary N) is 1. The third kappa shape index (κ3) is 68.8. The van der Waals surface area contributed by atoms with Crippen molar-refractivity contribution < 1.29 is 24.5 Å². The zero-order chi connectivity index (χ0) is 59.9. The predicted molar refractivity (Wildman–Crippen MR) is 366 cm³/mol. The van der Waals surface area contributed by atoms with Crippen LogP contribution in [0.4, 0.5) is 0 Å². The molecule has 6 heteroatoms. The molecule has 0 bridgehead atoms. The first kappa shape index (κ1) is 80.8. The molecule has 0 aliphatic carbocycles.